The topological polar surface area (TPSA) is 57.9 Å². The number of alkyl halides is 2. The number of nitrogens with zero attached hydrogens (tertiary/aromatic N) is 1. The Kier molecular flexibility index (Phi) is 4.49. The van der Waals surface area contributed by atoms with Crippen LogP contribution in [-0.4, -0.2) is 23.7 Å². The normalized spacial score (nSPS) is 14.1. The van der Waals surface area contributed by atoms with Gasteiger partial charge < -0.3 is 0 Å². The number of hydrogen-bond acceptors (Lipinski definition) is 3. The molecule has 1 atom stereocenters. The molecule has 58 valence electrons. The molecule has 0 aromatic carbocycles. The van der Waals surface area contributed by atoms with Gasteiger partial charge in [0.2, 0.25) is 0 Å². The number of rotatable bonds is 3. The van der Waals surface area contributed by atoms with E-state index in [2.05, 4.69) is 31.9 Å². The molecule has 0 radical (unpaired) electrons. The van der Waals surface area contributed by atoms with Gasteiger partial charge in [0, 0.05) is 0 Å². The summed E-state index contributed by atoms with van der Waals surface area (Å²) in [4.78, 5) is -0.602. The van der Waals surface area contributed by atoms with E-state index in [9.17, 15) is 8.42 Å². The zero-order chi connectivity index (χ0) is 8.20. The van der Waals surface area contributed by atoms with Crippen molar-refractivity contribution in [3.63, 3.8) is 0 Å². The molecule has 0 spiro atoms. The number of sulfone groups is 1. The van der Waals surface area contributed by atoms with Gasteiger partial charge in [-0.15, -0.1) is 0 Å². The molecular weight excluding hydrogens is 286 g/mol. The fraction of sp³-hybridized carbons (Fsp3) is 0.750. The molecule has 0 amide bonds. The summed E-state index contributed by atoms with van der Waals surface area (Å²) in [7, 11) is -3.08. The summed E-state index contributed by atoms with van der Waals surface area (Å²) in [6.07, 6.45) is 0. The van der Waals surface area contributed by atoms with Crippen LogP contribution in [0.1, 0.15) is 0 Å². The molecule has 0 aliphatic heterocycles. The third-order valence-electron chi connectivity index (χ3n) is 0.707. The lowest BCUT2D eigenvalue weighted by Crippen LogP contribution is -2.14. The number of nitriles is 1. The Bertz CT molecular complexity index is 230. The molecule has 0 aromatic rings. The highest BCUT2D eigenvalue weighted by atomic mass is 79.9. The maximum atomic E-state index is 10.7. The van der Waals surface area contributed by atoms with Gasteiger partial charge in [-0.25, -0.2) is 8.42 Å². The van der Waals surface area contributed by atoms with E-state index in [0.717, 1.165) is 0 Å². The van der Waals surface area contributed by atoms with Crippen molar-refractivity contribution in [3.8, 4) is 6.07 Å². The summed E-state index contributed by atoms with van der Waals surface area (Å²) in [6, 6.07) is 1.77. The average Bonchev–Trinajstić information content (AvgIpc) is 1.87. The first-order valence-corrected chi connectivity index (χ1v) is 6.18. The van der Waals surface area contributed by atoms with E-state index in [1.807, 2.05) is 0 Å². The van der Waals surface area contributed by atoms with Crippen LogP contribution in [0, 0.1) is 11.3 Å². The minimum absolute atomic E-state index is 0.0935. The minimum Gasteiger partial charge on any atom is -0.228 e. The number of halogens is 2. The van der Waals surface area contributed by atoms with Crippen LogP contribution in [0.25, 0.3) is 0 Å². The quantitative estimate of drug-likeness (QED) is 0.730. The van der Waals surface area contributed by atoms with Crippen molar-refractivity contribution in [3.05, 3.63) is 0 Å². The molecule has 0 rings (SSSR count). The Balaban J connectivity index is 4.06. The van der Waals surface area contributed by atoms with Crippen molar-refractivity contribution in [2.24, 2.45) is 0 Å². The summed E-state index contributed by atoms with van der Waals surface area (Å²) in [5, 5.41) is 8.22. The van der Waals surface area contributed by atoms with Gasteiger partial charge in [0.05, 0.1) is 11.8 Å². The Labute approximate surface area is 76.6 Å². The van der Waals surface area contributed by atoms with Crippen LogP contribution < -0.4 is 0 Å². The summed E-state index contributed by atoms with van der Waals surface area (Å²) in [6.45, 7) is 0. The van der Waals surface area contributed by atoms with Gasteiger partial charge in [0.25, 0.3) is 0 Å². The van der Waals surface area contributed by atoms with Crippen LogP contribution >= 0.6 is 31.9 Å². The summed E-state index contributed by atoms with van der Waals surface area (Å²) in [5.74, 6) is -0.144. The van der Waals surface area contributed by atoms with Gasteiger partial charge in [-0.05, 0) is 0 Å². The van der Waals surface area contributed by atoms with Gasteiger partial charge in [-0.2, -0.15) is 5.26 Å². The molecule has 0 saturated carbocycles. The van der Waals surface area contributed by atoms with Crippen molar-refractivity contribution in [2.45, 2.75) is 4.83 Å². The van der Waals surface area contributed by atoms with E-state index >= 15 is 0 Å². The van der Waals surface area contributed by atoms with Crippen LogP contribution in [0.5, 0.6) is 0 Å². The Morgan fingerprint density at radius 2 is 2.10 bits per heavy atom. The van der Waals surface area contributed by atoms with Gasteiger partial charge in [0.15, 0.2) is 9.84 Å². The van der Waals surface area contributed by atoms with Crippen LogP contribution in [-0.2, 0) is 9.84 Å². The first kappa shape index (κ1) is 10.4. The first-order chi connectivity index (χ1) is 4.52. The van der Waals surface area contributed by atoms with Crippen molar-refractivity contribution >= 4 is 41.7 Å². The van der Waals surface area contributed by atoms with E-state index in [-0.39, 0.29) is 10.4 Å². The van der Waals surface area contributed by atoms with Crippen LogP contribution in [0.2, 0.25) is 0 Å². The van der Waals surface area contributed by atoms with Crippen LogP contribution in [0.15, 0.2) is 0 Å². The molecule has 6 heteroatoms. The van der Waals surface area contributed by atoms with Gasteiger partial charge >= 0.3 is 0 Å². The lowest BCUT2D eigenvalue weighted by Gasteiger charge is -1.97. The van der Waals surface area contributed by atoms with Crippen molar-refractivity contribution < 1.29 is 8.42 Å². The maximum Gasteiger partial charge on any atom is 0.162 e. The van der Waals surface area contributed by atoms with E-state index in [1.165, 1.54) is 0 Å². The molecule has 10 heavy (non-hydrogen) atoms. The smallest absolute Gasteiger partial charge is 0.162 e. The molecule has 0 aromatic heterocycles. The molecule has 0 heterocycles. The predicted octanol–water partition coefficient (Wildman–Crippen LogP) is 1.04. The fourth-order valence-electron chi connectivity index (χ4n) is 0.305. The largest absolute Gasteiger partial charge is 0.228 e. The number of hydrogen-bond donors (Lipinski definition) is 0. The van der Waals surface area contributed by atoms with Crippen molar-refractivity contribution in [1.29, 1.82) is 5.26 Å². The monoisotopic (exact) mass is 289 g/mol. The highest BCUT2D eigenvalue weighted by Gasteiger charge is 2.14. The zero-order valence-electron chi connectivity index (χ0n) is 4.92. The molecule has 0 N–H and O–H groups in total. The van der Waals surface area contributed by atoms with Crippen LogP contribution in [0.4, 0.5) is 0 Å². The third kappa shape index (κ3) is 4.25. The maximum absolute atomic E-state index is 10.7. The lowest BCUT2D eigenvalue weighted by molar-refractivity contribution is 0.601. The zero-order valence-corrected chi connectivity index (χ0v) is 8.91. The van der Waals surface area contributed by atoms with E-state index in [1.54, 1.807) is 6.07 Å². The highest BCUT2D eigenvalue weighted by Crippen LogP contribution is 2.05. The molecule has 0 aliphatic carbocycles. The second-order valence-electron chi connectivity index (χ2n) is 1.62. The second-order valence-corrected chi connectivity index (χ2v) is 6.13. The average molecular weight is 291 g/mol. The van der Waals surface area contributed by atoms with Gasteiger partial charge in [0.1, 0.15) is 9.49 Å². The minimum atomic E-state index is -3.08. The van der Waals surface area contributed by atoms with Crippen molar-refractivity contribution in [2.75, 3.05) is 10.4 Å². The van der Waals surface area contributed by atoms with Crippen LogP contribution in [0.3, 0.4) is 0 Å². The van der Waals surface area contributed by atoms with E-state index < -0.39 is 14.7 Å². The van der Waals surface area contributed by atoms with Gasteiger partial charge in [-0.1, -0.05) is 31.9 Å². The summed E-state index contributed by atoms with van der Waals surface area (Å²) >= 11 is 5.70. The fourth-order valence-corrected chi connectivity index (χ4v) is 2.68. The lowest BCUT2D eigenvalue weighted by atomic mass is 10.6. The molecular formula is C4H5Br2NO2S. The van der Waals surface area contributed by atoms with E-state index in [4.69, 9.17) is 5.26 Å². The Morgan fingerprint density at radius 3 is 2.40 bits per heavy atom. The standard InChI is InChI=1S/C4H5Br2NO2S/c5-3-10(8,9)2-4(6)1-7/h4H,2-3H2. The SMILES string of the molecule is N#CC(Br)CS(=O)(=O)CBr. The third-order valence-corrected chi connectivity index (χ3v) is 4.93. The second kappa shape index (κ2) is 4.31. The van der Waals surface area contributed by atoms with Crippen molar-refractivity contribution in [1.82, 2.24) is 0 Å². The summed E-state index contributed by atoms with van der Waals surface area (Å²) < 4.78 is 21.4. The molecule has 0 fully saturated rings. The molecule has 1 unspecified atom stereocenters. The molecule has 0 aliphatic rings. The Hall–Kier alpha value is 0.400. The highest BCUT2D eigenvalue weighted by molar-refractivity contribution is 9.11. The molecule has 0 saturated heterocycles. The molecule has 0 bridgehead atoms. The summed E-state index contributed by atoms with van der Waals surface area (Å²) in [5.41, 5.74) is 0. The first-order valence-electron chi connectivity index (χ1n) is 2.32. The van der Waals surface area contributed by atoms with Gasteiger partial charge in [-0.3, -0.25) is 0 Å². The Morgan fingerprint density at radius 1 is 1.60 bits per heavy atom. The van der Waals surface area contributed by atoms with E-state index in [0.29, 0.717) is 0 Å². The predicted molar refractivity (Wildman–Crippen MR) is 45.9 cm³/mol. The molecule has 3 nitrogen and oxygen atoms in total.